The maximum absolute atomic E-state index is 13.0. The third kappa shape index (κ3) is 2.92. The molecule has 132 valence electrons. The number of carbonyl (C=O) groups excluding carboxylic acids is 1. The maximum atomic E-state index is 13.0. The van der Waals surface area contributed by atoms with Gasteiger partial charge in [0.25, 0.3) is 11.6 Å². The zero-order valence-electron chi connectivity index (χ0n) is 14.3. The first-order valence-electron chi connectivity index (χ1n) is 8.51. The highest BCUT2D eigenvalue weighted by molar-refractivity contribution is 5.95. The second-order valence-corrected chi connectivity index (χ2v) is 6.60. The van der Waals surface area contributed by atoms with Crippen molar-refractivity contribution >= 4 is 17.2 Å². The van der Waals surface area contributed by atoms with E-state index in [1.165, 1.54) is 6.07 Å². The molecule has 7 heteroatoms. The molecule has 0 bridgehead atoms. The van der Waals surface area contributed by atoms with Crippen molar-refractivity contribution < 1.29 is 9.72 Å². The Kier molecular flexibility index (Phi) is 3.91. The van der Waals surface area contributed by atoms with E-state index in [1.54, 1.807) is 30.2 Å². The van der Waals surface area contributed by atoms with Crippen molar-refractivity contribution in [2.24, 2.45) is 0 Å². The highest BCUT2D eigenvalue weighted by atomic mass is 16.6. The van der Waals surface area contributed by atoms with Gasteiger partial charge in [0, 0.05) is 29.4 Å². The van der Waals surface area contributed by atoms with Crippen molar-refractivity contribution in [3.8, 4) is 0 Å². The summed E-state index contributed by atoms with van der Waals surface area (Å²) >= 11 is 0. The number of carbonyl (C=O) groups is 1. The highest BCUT2D eigenvalue weighted by Crippen LogP contribution is 2.31. The molecule has 1 aliphatic rings. The summed E-state index contributed by atoms with van der Waals surface area (Å²) in [5, 5.41) is 11.2. The molecule has 2 heterocycles. The van der Waals surface area contributed by atoms with Gasteiger partial charge in [-0.3, -0.25) is 14.9 Å². The Hall–Kier alpha value is -3.22. The predicted octanol–water partition coefficient (Wildman–Crippen LogP) is 3.36. The molecule has 0 saturated heterocycles. The van der Waals surface area contributed by atoms with Crippen LogP contribution in [0.4, 0.5) is 5.69 Å². The average Bonchev–Trinajstić information content (AvgIpc) is 3.40. The summed E-state index contributed by atoms with van der Waals surface area (Å²) in [7, 11) is 0. The van der Waals surface area contributed by atoms with Gasteiger partial charge in [-0.05, 0) is 38.0 Å². The molecule has 1 amide bonds. The number of amides is 1. The van der Waals surface area contributed by atoms with Crippen molar-refractivity contribution in [3.05, 3.63) is 75.7 Å². The van der Waals surface area contributed by atoms with E-state index >= 15 is 0 Å². The van der Waals surface area contributed by atoms with Crippen LogP contribution in [0.25, 0.3) is 5.65 Å². The number of fused-ring (bicyclic) bond motifs is 1. The molecule has 1 saturated carbocycles. The Bertz CT molecular complexity index is 1010. The summed E-state index contributed by atoms with van der Waals surface area (Å²) in [6.07, 6.45) is 5.60. The summed E-state index contributed by atoms with van der Waals surface area (Å²) in [5.74, 6) is -0.179. The minimum atomic E-state index is -0.446. The van der Waals surface area contributed by atoms with Gasteiger partial charge in [0.05, 0.1) is 23.4 Å². The van der Waals surface area contributed by atoms with Crippen LogP contribution in [0, 0.1) is 17.0 Å². The lowest BCUT2D eigenvalue weighted by Gasteiger charge is -2.22. The van der Waals surface area contributed by atoms with Crippen LogP contribution in [0.5, 0.6) is 0 Å². The number of aromatic nitrogens is 2. The molecule has 0 radical (unpaired) electrons. The summed E-state index contributed by atoms with van der Waals surface area (Å²) in [4.78, 5) is 30.0. The molecule has 0 atom stereocenters. The van der Waals surface area contributed by atoms with E-state index in [0.29, 0.717) is 17.7 Å². The maximum Gasteiger partial charge on any atom is 0.273 e. The third-order valence-electron chi connectivity index (χ3n) is 4.73. The lowest BCUT2D eigenvalue weighted by atomic mass is 10.1. The molecule has 1 aromatic carbocycles. The van der Waals surface area contributed by atoms with Crippen LogP contribution in [0.2, 0.25) is 0 Å². The van der Waals surface area contributed by atoms with E-state index in [4.69, 9.17) is 0 Å². The van der Waals surface area contributed by atoms with Gasteiger partial charge in [0.1, 0.15) is 5.65 Å². The van der Waals surface area contributed by atoms with Crippen molar-refractivity contribution in [2.45, 2.75) is 32.4 Å². The van der Waals surface area contributed by atoms with Crippen molar-refractivity contribution in [3.63, 3.8) is 0 Å². The molecule has 1 fully saturated rings. The van der Waals surface area contributed by atoms with Crippen LogP contribution in [0.1, 0.15) is 34.5 Å². The van der Waals surface area contributed by atoms with E-state index < -0.39 is 4.92 Å². The molecule has 0 N–H and O–H groups in total. The minimum Gasteiger partial charge on any atom is -0.330 e. The SMILES string of the molecule is Cc1ccc(C(=O)N(Cc2cnc3ccccn23)C2CC2)cc1[N+](=O)[O-]. The van der Waals surface area contributed by atoms with Gasteiger partial charge >= 0.3 is 0 Å². The molecule has 1 aliphatic carbocycles. The van der Waals surface area contributed by atoms with E-state index in [1.807, 2.05) is 28.8 Å². The minimum absolute atomic E-state index is 0.0265. The molecule has 0 unspecified atom stereocenters. The van der Waals surface area contributed by atoms with Crippen LogP contribution < -0.4 is 0 Å². The van der Waals surface area contributed by atoms with Crippen molar-refractivity contribution in [2.75, 3.05) is 0 Å². The molecule has 7 nitrogen and oxygen atoms in total. The Balaban J connectivity index is 1.66. The van der Waals surface area contributed by atoms with Crippen LogP contribution in [-0.4, -0.2) is 31.2 Å². The van der Waals surface area contributed by atoms with Crippen LogP contribution in [-0.2, 0) is 6.54 Å². The molecule has 26 heavy (non-hydrogen) atoms. The Labute approximate surface area is 150 Å². The Morgan fingerprint density at radius 1 is 1.35 bits per heavy atom. The highest BCUT2D eigenvalue weighted by Gasteiger charge is 2.34. The molecule has 0 aliphatic heterocycles. The van der Waals surface area contributed by atoms with Gasteiger partial charge in [0.15, 0.2) is 0 Å². The number of aryl methyl sites for hydroxylation is 1. The lowest BCUT2D eigenvalue weighted by Crippen LogP contribution is -2.33. The number of hydrogen-bond donors (Lipinski definition) is 0. The molecular formula is C19H18N4O3. The number of nitro groups is 1. The smallest absolute Gasteiger partial charge is 0.273 e. The first-order valence-corrected chi connectivity index (χ1v) is 8.51. The average molecular weight is 350 g/mol. The number of rotatable bonds is 5. The van der Waals surface area contributed by atoms with Gasteiger partial charge in [-0.15, -0.1) is 0 Å². The zero-order valence-corrected chi connectivity index (χ0v) is 14.3. The molecule has 2 aromatic heterocycles. The standard InChI is InChI=1S/C19H18N4O3/c1-13-5-6-14(10-17(13)23(25)26)19(24)22(15-7-8-15)12-16-11-20-18-4-2-3-9-21(16)18/h2-6,9-11,15H,7-8,12H2,1H3. The number of benzene rings is 1. The number of imidazole rings is 1. The Morgan fingerprint density at radius 3 is 2.88 bits per heavy atom. The summed E-state index contributed by atoms with van der Waals surface area (Å²) in [6.45, 7) is 2.10. The summed E-state index contributed by atoms with van der Waals surface area (Å²) in [6, 6.07) is 10.6. The van der Waals surface area contributed by atoms with Crippen molar-refractivity contribution in [1.82, 2.24) is 14.3 Å². The van der Waals surface area contributed by atoms with Gasteiger partial charge in [-0.2, -0.15) is 0 Å². The van der Waals surface area contributed by atoms with Crippen LogP contribution in [0.15, 0.2) is 48.8 Å². The number of nitrogens with zero attached hydrogens (tertiary/aromatic N) is 4. The number of hydrogen-bond acceptors (Lipinski definition) is 4. The normalized spacial score (nSPS) is 13.7. The number of pyridine rings is 1. The van der Waals surface area contributed by atoms with Gasteiger partial charge < -0.3 is 9.30 Å². The fourth-order valence-corrected chi connectivity index (χ4v) is 3.13. The first-order chi connectivity index (χ1) is 12.5. The fourth-order valence-electron chi connectivity index (χ4n) is 3.13. The lowest BCUT2D eigenvalue weighted by molar-refractivity contribution is -0.385. The zero-order chi connectivity index (χ0) is 18.3. The van der Waals surface area contributed by atoms with E-state index in [9.17, 15) is 14.9 Å². The Morgan fingerprint density at radius 2 is 2.15 bits per heavy atom. The summed E-state index contributed by atoms with van der Waals surface area (Å²) in [5.41, 5.74) is 2.62. The van der Waals surface area contributed by atoms with Crippen LogP contribution >= 0.6 is 0 Å². The molecular weight excluding hydrogens is 332 g/mol. The second kappa shape index (κ2) is 6.25. The van der Waals surface area contributed by atoms with E-state index in [0.717, 1.165) is 24.2 Å². The van der Waals surface area contributed by atoms with E-state index in [-0.39, 0.29) is 17.6 Å². The molecule has 3 aromatic rings. The molecule has 0 spiro atoms. The molecule has 4 rings (SSSR count). The number of nitro benzene ring substituents is 1. The third-order valence-corrected chi connectivity index (χ3v) is 4.73. The quantitative estimate of drug-likeness (QED) is 0.522. The second-order valence-electron chi connectivity index (χ2n) is 6.60. The largest absolute Gasteiger partial charge is 0.330 e. The van der Waals surface area contributed by atoms with E-state index in [2.05, 4.69) is 4.98 Å². The monoisotopic (exact) mass is 350 g/mol. The predicted molar refractivity (Wildman–Crippen MR) is 95.9 cm³/mol. The topological polar surface area (TPSA) is 80.8 Å². The van der Waals surface area contributed by atoms with Gasteiger partial charge in [-0.1, -0.05) is 12.1 Å². The summed E-state index contributed by atoms with van der Waals surface area (Å²) < 4.78 is 1.96. The first kappa shape index (κ1) is 16.3. The van der Waals surface area contributed by atoms with Crippen LogP contribution in [0.3, 0.4) is 0 Å². The van der Waals surface area contributed by atoms with Gasteiger partial charge in [-0.25, -0.2) is 4.98 Å². The van der Waals surface area contributed by atoms with Crippen molar-refractivity contribution in [1.29, 1.82) is 0 Å². The fraction of sp³-hybridized carbons (Fsp3) is 0.263. The van der Waals surface area contributed by atoms with Gasteiger partial charge in [0.2, 0.25) is 0 Å².